The molecule has 0 aliphatic heterocycles. The normalized spacial score (nSPS) is 10.0. The lowest BCUT2D eigenvalue weighted by Crippen LogP contribution is -1.77. The lowest BCUT2D eigenvalue weighted by molar-refractivity contribution is 0.533. The Hall–Kier alpha value is -2.03. The first-order valence-corrected chi connectivity index (χ1v) is 8.44. The van der Waals surface area contributed by atoms with Crippen LogP contribution in [0.3, 0.4) is 0 Å². The maximum Gasteiger partial charge on any atom is 0.284 e. The van der Waals surface area contributed by atoms with Gasteiger partial charge in [-0.25, -0.2) is 5.10 Å². The Labute approximate surface area is 161 Å². The summed E-state index contributed by atoms with van der Waals surface area (Å²) in [6.07, 6.45) is 0. The second kappa shape index (κ2) is 8.37. The summed E-state index contributed by atoms with van der Waals surface area (Å²) in [6.45, 7) is 5.45. The molecular weight excluding hydrogens is 404 g/mol. The molecule has 132 valence electrons. The molecule has 0 saturated carbocycles. The van der Waals surface area contributed by atoms with Gasteiger partial charge in [-0.15, -0.1) is 25.5 Å². The van der Waals surface area contributed by atoms with E-state index in [9.17, 15) is 0 Å². The number of hydrogen-bond donors (Lipinski definition) is 1. The van der Waals surface area contributed by atoms with Gasteiger partial charge in [-0.3, -0.25) is 0 Å². The van der Waals surface area contributed by atoms with Crippen molar-refractivity contribution in [3.05, 3.63) is 22.1 Å². The molecule has 0 unspecified atom stereocenters. The van der Waals surface area contributed by atoms with Gasteiger partial charge < -0.3 is 8.83 Å². The van der Waals surface area contributed by atoms with Gasteiger partial charge in [0.1, 0.15) is 9.75 Å². The fraction of sp³-hybridized carbons (Fsp3) is 0.273. The van der Waals surface area contributed by atoms with Crippen LogP contribution in [0.25, 0.3) is 21.5 Å². The summed E-state index contributed by atoms with van der Waals surface area (Å²) < 4.78 is 17.8. The third-order valence-corrected chi connectivity index (χ3v) is 4.46. The molecule has 0 fully saturated rings. The molecule has 0 bridgehead atoms. The van der Waals surface area contributed by atoms with Gasteiger partial charge >= 0.3 is 0 Å². The molecule has 0 saturated heterocycles. The van der Waals surface area contributed by atoms with Gasteiger partial charge in [0.15, 0.2) is 0 Å². The summed E-state index contributed by atoms with van der Waals surface area (Å²) in [4.78, 5) is 1.91. The van der Waals surface area contributed by atoms with Gasteiger partial charge in [0.25, 0.3) is 16.6 Å². The van der Waals surface area contributed by atoms with E-state index in [4.69, 9.17) is 21.1 Å². The van der Waals surface area contributed by atoms with Crippen LogP contribution in [-0.4, -0.2) is 39.6 Å². The molecule has 14 heteroatoms. The molecule has 0 aliphatic rings. The first-order chi connectivity index (χ1) is 11.5. The molecule has 0 atom stereocenters. The molecule has 0 aliphatic carbocycles. The van der Waals surface area contributed by atoms with Gasteiger partial charge in [-0.05, 0) is 49.1 Å². The summed E-state index contributed by atoms with van der Waals surface area (Å²) in [7, 11) is 0. The van der Waals surface area contributed by atoms with Crippen molar-refractivity contribution in [1.82, 2.24) is 39.6 Å². The Morgan fingerprint density at radius 1 is 0.840 bits per heavy atom. The van der Waals surface area contributed by atoms with Crippen LogP contribution in [0.4, 0.5) is 0 Å². The molecule has 4 aromatic rings. The monoisotopic (exact) mass is 416 g/mol. The summed E-state index contributed by atoms with van der Waals surface area (Å²) >= 11 is 7.22. The van der Waals surface area contributed by atoms with Crippen molar-refractivity contribution in [3.63, 3.8) is 0 Å². The fourth-order valence-corrected chi connectivity index (χ4v) is 2.86. The van der Waals surface area contributed by atoms with Crippen LogP contribution in [0.15, 0.2) is 8.83 Å². The maximum absolute atomic E-state index is 5.22. The van der Waals surface area contributed by atoms with Crippen LogP contribution < -0.4 is 0 Å². The van der Waals surface area contributed by atoms with Crippen molar-refractivity contribution in [1.29, 1.82) is 0 Å². The SMILES string of the molecule is Cc1nnc(-c2snnc2C)o1.Cc1nnsc1-c1n[nH]c(=S)o1.S. The Morgan fingerprint density at radius 2 is 1.44 bits per heavy atom. The highest BCUT2D eigenvalue weighted by Crippen LogP contribution is 2.23. The quantitative estimate of drug-likeness (QED) is 0.486. The van der Waals surface area contributed by atoms with E-state index in [0.29, 0.717) is 17.7 Å². The number of nitrogens with zero attached hydrogens (tertiary/aromatic N) is 7. The minimum atomic E-state index is 0. The smallest absolute Gasteiger partial charge is 0.284 e. The van der Waals surface area contributed by atoms with E-state index in [1.807, 2.05) is 13.8 Å². The highest BCUT2D eigenvalue weighted by Gasteiger charge is 2.12. The summed E-state index contributed by atoms with van der Waals surface area (Å²) in [5.41, 5.74) is 1.62. The number of H-pyrrole nitrogens is 1. The molecule has 0 aromatic carbocycles. The van der Waals surface area contributed by atoms with Crippen molar-refractivity contribution in [2.75, 3.05) is 0 Å². The lowest BCUT2D eigenvalue weighted by Gasteiger charge is -1.85. The Balaban J connectivity index is 0.000000173. The van der Waals surface area contributed by atoms with Gasteiger partial charge in [0.2, 0.25) is 5.89 Å². The topological polar surface area (TPSA) is 132 Å². The van der Waals surface area contributed by atoms with Gasteiger partial charge in [-0.1, -0.05) is 8.98 Å². The third-order valence-electron chi connectivity index (χ3n) is 2.66. The number of hydrogen-bond acceptors (Lipinski definition) is 12. The molecule has 0 radical (unpaired) electrons. The summed E-state index contributed by atoms with van der Waals surface area (Å²) in [5, 5.41) is 21.6. The number of rotatable bonds is 2. The molecule has 4 rings (SSSR count). The molecule has 10 nitrogen and oxygen atoms in total. The van der Waals surface area contributed by atoms with Crippen molar-refractivity contribution in [2.45, 2.75) is 20.8 Å². The van der Waals surface area contributed by atoms with Gasteiger partial charge in [0.05, 0.1) is 11.4 Å². The van der Waals surface area contributed by atoms with E-state index in [1.54, 1.807) is 6.92 Å². The number of aryl methyl sites for hydroxylation is 3. The van der Waals surface area contributed by atoms with Gasteiger partial charge in [0, 0.05) is 6.92 Å². The largest absolute Gasteiger partial charge is 0.420 e. The molecule has 25 heavy (non-hydrogen) atoms. The third kappa shape index (κ3) is 4.53. The zero-order valence-corrected chi connectivity index (χ0v) is 16.6. The van der Waals surface area contributed by atoms with E-state index < -0.39 is 0 Å². The predicted molar refractivity (Wildman–Crippen MR) is 98.4 cm³/mol. The first-order valence-electron chi connectivity index (χ1n) is 6.49. The number of aromatic nitrogens is 8. The van der Waals surface area contributed by atoms with E-state index in [-0.39, 0.29) is 18.3 Å². The Morgan fingerprint density at radius 3 is 1.84 bits per heavy atom. The van der Waals surface area contributed by atoms with Crippen molar-refractivity contribution in [2.24, 2.45) is 0 Å². The highest BCUT2D eigenvalue weighted by atomic mass is 32.1. The average Bonchev–Trinajstić information content (AvgIpc) is 3.30. The molecule has 4 heterocycles. The number of nitrogens with one attached hydrogen (secondary N) is 1. The standard InChI is InChI=1S/C6H6N4OS.C5H4N4OS2.H2S/c1-3-5(12-10-7-3)6-9-8-4(2)11-6;1-2-3(12-9-6-2)4-7-8-5(11)10-4;/h1-2H3;1H3,(H,8,11);1H2. The second-order valence-corrected chi connectivity index (χ2v) is 6.30. The van der Waals surface area contributed by atoms with Crippen molar-refractivity contribution < 1.29 is 8.83 Å². The molecule has 0 amide bonds. The minimum Gasteiger partial charge on any atom is -0.420 e. The van der Waals surface area contributed by atoms with Crippen LogP contribution in [0, 0.1) is 25.6 Å². The number of aromatic amines is 1. The van der Waals surface area contributed by atoms with Crippen LogP contribution >= 0.6 is 48.8 Å². The first kappa shape index (κ1) is 19.3. The summed E-state index contributed by atoms with van der Waals surface area (Å²) in [6, 6.07) is 0. The predicted octanol–water partition coefficient (Wildman–Crippen LogP) is 2.88. The van der Waals surface area contributed by atoms with E-state index in [2.05, 4.69) is 39.6 Å². The van der Waals surface area contributed by atoms with Gasteiger partial charge in [-0.2, -0.15) is 13.5 Å². The Kier molecular flexibility index (Phi) is 6.46. The second-order valence-electron chi connectivity index (χ2n) is 4.42. The average molecular weight is 417 g/mol. The zero-order valence-electron chi connectivity index (χ0n) is 13.2. The molecule has 4 aromatic heterocycles. The minimum absolute atomic E-state index is 0. The lowest BCUT2D eigenvalue weighted by atomic mass is 10.4. The Bertz CT molecular complexity index is 999. The highest BCUT2D eigenvalue weighted by molar-refractivity contribution is 7.71. The van der Waals surface area contributed by atoms with Crippen LogP contribution in [-0.2, 0) is 0 Å². The molecule has 1 N–H and O–H groups in total. The zero-order chi connectivity index (χ0) is 17.1. The van der Waals surface area contributed by atoms with Crippen LogP contribution in [0.1, 0.15) is 17.3 Å². The molecular formula is C11H12N8O2S4. The van der Waals surface area contributed by atoms with E-state index >= 15 is 0 Å². The fourth-order valence-electron chi connectivity index (χ4n) is 1.57. The maximum atomic E-state index is 5.22. The van der Waals surface area contributed by atoms with Crippen molar-refractivity contribution >= 4 is 48.8 Å². The van der Waals surface area contributed by atoms with Crippen LogP contribution in [0.2, 0.25) is 0 Å². The van der Waals surface area contributed by atoms with Crippen molar-refractivity contribution in [3.8, 4) is 21.5 Å². The molecule has 0 spiro atoms. The van der Waals surface area contributed by atoms with E-state index in [0.717, 1.165) is 21.1 Å². The van der Waals surface area contributed by atoms with E-state index in [1.165, 1.54) is 23.1 Å². The van der Waals surface area contributed by atoms with Crippen LogP contribution in [0.5, 0.6) is 0 Å². The summed E-state index contributed by atoms with van der Waals surface area (Å²) in [5.74, 6) is 1.50.